The number of hydrogen-bond acceptors (Lipinski definition) is 4. The van der Waals surface area contributed by atoms with Crippen LogP contribution in [0.1, 0.15) is 27.2 Å². The molecule has 3 aromatic heterocycles. The molecule has 0 saturated carbocycles. The van der Waals surface area contributed by atoms with Crippen LogP contribution in [0.5, 0.6) is 0 Å². The van der Waals surface area contributed by atoms with Crippen molar-refractivity contribution in [2.24, 2.45) is 0 Å². The lowest BCUT2D eigenvalue weighted by atomic mass is 10.0. The lowest BCUT2D eigenvalue weighted by molar-refractivity contribution is -0.137. The van der Waals surface area contributed by atoms with Crippen molar-refractivity contribution in [1.29, 1.82) is 0 Å². The zero-order valence-corrected chi connectivity index (χ0v) is 21.7. The van der Waals surface area contributed by atoms with E-state index in [1.807, 2.05) is 40.9 Å². The van der Waals surface area contributed by atoms with Gasteiger partial charge in [0.25, 0.3) is 5.91 Å². The van der Waals surface area contributed by atoms with Gasteiger partial charge in [0.2, 0.25) is 5.95 Å². The summed E-state index contributed by atoms with van der Waals surface area (Å²) in [5.74, 6) is -0.222. The van der Waals surface area contributed by atoms with E-state index in [9.17, 15) is 18.0 Å². The number of pyridine rings is 1. The van der Waals surface area contributed by atoms with Crippen LogP contribution in [0.25, 0.3) is 27.8 Å². The normalized spacial score (nSPS) is 11.8. The van der Waals surface area contributed by atoms with Crippen LogP contribution in [-0.2, 0) is 19.1 Å². The average Bonchev–Trinajstić information content (AvgIpc) is 3.58. The second-order valence-corrected chi connectivity index (χ2v) is 9.69. The van der Waals surface area contributed by atoms with E-state index in [4.69, 9.17) is 0 Å². The first-order valence-electron chi connectivity index (χ1n) is 13.0. The van der Waals surface area contributed by atoms with Gasteiger partial charge < -0.3 is 14.7 Å². The van der Waals surface area contributed by atoms with E-state index in [0.29, 0.717) is 34.4 Å². The van der Waals surface area contributed by atoms with Gasteiger partial charge in [0.15, 0.2) is 0 Å². The zero-order valence-electron chi connectivity index (χ0n) is 21.7. The summed E-state index contributed by atoms with van der Waals surface area (Å²) in [7, 11) is 0. The number of aromatic amines is 1. The summed E-state index contributed by atoms with van der Waals surface area (Å²) in [6.45, 7) is 1.53. The Morgan fingerprint density at radius 2 is 1.68 bits per heavy atom. The molecular formula is C31H25F3N6O. The molecule has 0 aliphatic rings. The fourth-order valence-electron chi connectivity index (χ4n) is 4.65. The number of carbonyl (C=O) groups is 1. The molecular weight excluding hydrogens is 529 g/mol. The first-order chi connectivity index (χ1) is 19.8. The Morgan fingerprint density at radius 3 is 2.51 bits per heavy atom. The maximum Gasteiger partial charge on any atom is 0.416 e. The van der Waals surface area contributed by atoms with Gasteiger partial charge in [0, 0.05) is 18.9 Å². The van der Waals surface area contributed by atoms with Crippen LogP contribution in [0.4, 0.5) is 19.1 Å². The Labute approximate surface area is 233 Å². The number of benzene rings is 3. The number of carbonyl (C=O) groups excluding carboxylic acids is 1. The summed E-state index contributed by atoms with van der Waals surface area (Å²) in [6.07, 6.45) is 0.104. The summed E-state index contributed by atoms with van der Waals surface area (Å²) in [4.78, 5) is 24.8. The van der Waals surface area contributed by atoms with Crippen LogP contribution in [0, 0.1) is 0 Å². The maximum atomic E-state index is 13.1. The molecule has 41 heavy (non-hydrogen) atoms. The third-order valence-electron chi connectivity index (χ3n) is 6.75. The molecule has 3 heterocycles. The van der Waals surface area contributed by atoms with Crippen molar-refractivity contribution in [3.05, 3.63) is 120 Å². The third kappa shape index (κ3) is 5.97. The number of H-pyrrole nitrogens is 1. The van der Waals surface area contributed by atoms with Gasteiger partial charge in [-0.25, -0.2) is 9.97 Å². The molecule has 206 valence electrons. The van der Waals surface area contributed by atoms with Crippen molar-refractivity contribution >= 4 is 28.5 Å². The molecule has 1 amide bonds. The predicted octanol–water partition coefficient (Wildman–Crippen LogP) is 6.48. The monoisotopic (exact) mass is 554 g/mol. The Kier molecular flexibility index (Phi) is 6.98. The van der Waals surface area contributed by atoms with Crippen LogP contribution in [-0.4, -0.2) is 31.8 Å². The van der Waals surface area contributed by atoms with E-state index in [0.717, 1.165) is 30.7 Å². The first kappa shape index (κ1) is 26.3. The molecule has 0 atom stereocenters. The number of anilines is 1. The number of aromatic nitrogens is 4. The number of halogens is 3. The highest BCUT2D eigenvalue weighted by atomic mass is 19.4. The third-order valence-corrected chi connectivity index (χ3v) is 6.75. The van der Waals surface area contributed by atoms with Crippen molar-refractivity contribution in [2.75, 3.05) is 11.9 Å². The van der Waals surface area contributed by atoms with E-state index in [1.54, 1.807) is 30.5 Å². The molecule has 3 N–H and O–H groups in total. The number of nitrogens with one attached hydrogen (secondary N) is 3. The molecule has 0 unspecified atom stereocenters. The highest BCUT2D eigenvalue weighted by molar-refractivity contribution is 6.03. The number of fused-ring (bicyclic) bond motifs is 2. The topological polar surface area (TPSA) is 87.1 Å². The quantitative estimate of drug-likeness (QED) is 0.188. The molecule has 6 rings (SSSR count). The number of rotatable bonds is 8. The summed E-state index contributed by atoms with van der Waals surface area (Å²) in [6, 6.07) is 24.3. The second-order valence-electron chi connectivity index (χ2n) is 9.69. The molecule has 6 aromatic rings. The molecule has 0 spiro atoms. The van der Waals surface area contributed by atoms with Gasteiger partial charge in [-0.05, 0) is 65.6 Å². The number of hydrogen-bond donors (Lipinski definition) is 3. The predicted molar refractivity (Wildman–Crippen MR) is 152 cm³/mol. The molecule has 0 radical (unpaired) electrons. The molecule has 0 aliphatic heterocycles. The molecule has 0 aliphatic carbocycles. The average molecular weight is 555 g/mol. The number of nitrogens with zero attached hydrogens (tertiary/aromatic N) is 3. The smallest absolute Gasteiger partial charge is 0.324 e. The van der Waals surface area contributed by atoms with Crippen molar-refractivity contribution in [3.63, 3.8) is 0 Å². The number of imidazole rings is 2. The van der Waals surface area contributed by atoms with Gasteiger partial charge in [0.1, 0.15) is 11.3 Å². The lowest BCUT2D eigenvalue weighted by Gasteiger charge is -2.08. The van der Waals surface area contributed by atoms with Gasteiger partial charge in [0.05, 0.1) is 16.6 Å². The highest BCUT2D eigenvalue weighted by Crippen LogP contribution is 2.33. The minimum Gasteiger partial charge on any atom is -0.324 e. The van der Waals surface area contributed by atoms with Gasteiger partial charge >= 0.3 is 6.18 Å². The maximum absolute atomic E-state index is 13.1. The molecule has 0 saturated heterocycles. The van der Waals surface area contributed by atoms with Crippen LogP contribution in [0.3, 0.4) is 0 Å². The molecule has 10 heteroatoms. The van der Waals surface area contributed by atoms with Crippen LogP contribution >= 0.6 is 0 Å². The number of amides is 1. The van der Waals surface area contributed by atoms with Gasteiger partial charge in [-0.2, -0.15) is 13.2 Å². The minimum atomic E-state index is -4.43. The van der Waals surface area contributed by atoms with Gasteiger partial charge in [-0.15, -0.1) is 0 Å². The largest absolute Gasteiger partial charge is 0.416 e. The summed E-state index contributed by atoms with van der Waals surface area (Å²) in [5.41, 5.74) is 4.63. The van der Waals surface area contributed by atoms with Crippen molar-refractivity contribution in [3.8, 4) is 11.1 Å². The van der Waals surface area contributed by atoms with Gasteiger partial charge in [-0.3, -0.25) is 10.1 Å². The van der Waals surface area contributed by atoms with Gasteiger partial charge in [-0.1, -0.05) is 54.6 Å². The van der Waals surface area contributed by atoms with Crippen molar-refractivity contribution in [2.45, 2.75) is 19.1 Å². The van der Waals surface area contributed by atoms with E-state index >= 15 is 0 Å². The van der Waals surface area contributed by atoms with E-state index in [-0.39, 0.29) is 11.6 Å². The van der Waals surface area contributed by atoms with Crippen molar-refractivity contribution in [1.82, 2.24) is 24.7 Å². The van der Waals surface area contributed by atoms with E-state index in [2.05, 4.69) is 37.7 Å². The van der Waals surface area contributed by atoms with E-state index in [1.165, 1.54) is 11.6 Å². The Balaban J connectivity index is 1.12. The van der Waals surface area contributed by atoms with E-state index < -0.39 is 17.6 Å². The summed E-state index contributed by atoms with van der Waals surface area (Å²) >= 11 is 0. The first-order valence-corrected chi connectivity index (χ1v) is 13.0. The lowest BCUT2D eigenvalue weighted by Crippen LogP contribution is -2.16. The molecule has 0 bridgehead atoms. The minimum absolute atomic E-state index is 0.214. The van der Waals surface area contributed by atoms with Crippen LogP contribution in [0.2, 0.25) is 0 Å². The standard InChI is InChI=1S/C31H25F3N6O/c32-31(33,34)24-8-4-7-22(15-24)23-10-11-25-26(16-23)38-30(37-25)39-29(41)27-19-40-18-21(9-12-28(40)36-27)17-35-14-13-20-5-2-1-3-6-20/h1-12,15-16,18-19,35H,13-14,17H2,(H2,37,38,39,41). The fraction of sp³-hybridized carbons (Fsp3) is 0.129. The second kappa shape index (κ2) is 10.9. The van der Waals surface area contributed by atoms with Crippen LogP contribution < -0.4 is 10.6 Å². The zero-order chi connectivity index (χ0) is 28.4. The Morgan fingerprint density at radius 1 is 0.854 bits per heavy atom. The summed E-state index contributed by atoms with van der Waals surface area (Å²) < 4.78 is 41.2. The molecule has 0 fully saturated rings. The fourth-order valence-corrected chi connectivity index (χ4v) is 4.65. The Bertz CT molecular complexity index is 1840. The highest BCUT2D eigenvalue weighted by Gasteiger charge is 2.30. The molecule has 7 nitrogen and oxygen atoms in total. The molecule has 3 aromatic carbocycles. The van der Waals surface area contributed by atoms with Crippen molar-refractivity contribution < 1.29 is 18.0 Å². The summed E-state index contributed by atoms with van der Waals surface area (Å²) in [5, 5.41) is 6.16. The van der Waals surface area contributed by atoms with Crippen LogP contribution in [0.15, 0.2) is 97.3 Å². The SMILES string of the molecule is O=C(Nc1nc2cc(-c3cccc(C(F)(F)F)c3)ccc2[nH]1)c1cn2cc(CNCCc3ccccc3)ccc2n1. The number of alkyl halides is 3. The Hall–Kier alpha value is -4.96.